The highest BCUT2D eigenvalue weighted by Crippen LogP contribution is 2.37. The molecule has 0 bridgehead atoms. The highest BCUT2D eigenvalue weighted by molar-refractivity contribution is 7.20. The molecule has 0 unspecified atom stereocenters. The average Bonchev–Trinajstić information content (AvgIpc) is 3.29. The number of hydrogen-bond acceptors (Lipinski definition) is 9. The number of nitrogens with zero attached hydrogens (tertiary/aromatic N) is 4. The molecule has 192 valence electrons. The third-order valence-electron chi connectivity index (χ3n) is 6.57. The molecule has 2 aromatic heterocycles. The van der Waals surface area contributed by atoms with E-state index >= 15 is 0 Å². The smallest absolute Gasteiger partial charge is 0.266 e. The number of hydrogen-bond donors (Lipinski definition) is 1. The number of rotatable bonds is 7. The van der Waals surface area contributed by atoms with Crippen LogP contribution in [0.3, 0.4) is 0 Å². The van der Waals surface area contributed by atoms with E-state index in [1.807, 2.05) is 25.1 Å². The number of para-hydroxylation sites is 2. The number of piperazine rings is 1. The van der Waals surface area contributed by atoms with Crippen molar-refractivity contribution in [2.75, 3.05) is 62.6 Å². The molecule has 9 nitrogen and oxygen atoms in total. The van der Waals surface area contributed by atoms with Gasteiger partial charge in [-0.1, -0.05) is 12.1 Å². The first-order valence-corrected chi connectivity index (χ1v) is 12.8. The Bertz CT molecular complexity index is 1430. The van der Waals surface area contributed by atoms with E-state index in [9.17, 15) is 4.79 Å². The van der Waals surface area contributed by atoms with Crippen LogP contribution in [0, 0.1) is 6.92 Å². The van der Waals surface area contributed by atoms with Crippen molar-refractivity contribution < 1.29 is 19.0 Å². The zero-order chi connectivity index (χ0) is 25.9. The Morgan fingerprint density at radius 3 is 2.38 bits per heavy atom. The number of amides is 1. The summed E-state index contributed by atoms with van der Waals surface area (Å²) in [5.74, 6) is 2.69. The van der Waals surface area contributed by atoms with Crippen LogP contribution in [-0.4, -0.2) is 63.4 Å². The summed E-state index contributed by atoms with van der Waals surface area (Å²) in [6, 6.07) is 13.4. The Morgan fingerprint density at radius 2 is 1.65 bits per heavy atom. The Hall–Kier alpha value is -4.05. The van der Waals surface area contributed by atoms with Crippen LogP contribution in [0.4, 0.5) is 17.2 Å². The lowest BCUT2D eigenvalue weighted by Gasteiger charge is -2.37. The number of carbonyl (C=O) groups is 1. The Kier molecular flexibility index (Phi) is 7.00. The monoisotopic (exact) mass is 519 g/mol. The fourth-order valence-electron chi connectivity index (χ4n) is 4.65. The second kappa shape index (κ2) is 10.5. The molecule has 10 heteroatoms. The summed E-state index contributed by atoms with van der Waals surface area (Å²) in [6.45, 7) is 5.20. The summed E-state index contributed by atoms with van der Waals surface area (Å²) in [4.78, 5) is 28.4. The minimum atomic E-state index is -0.223. The molecule has 1 aliphatic rings. The summed E-state index contributed by atoms with van der Waals surface area (Å²) < 4.78 is 16.3. The fourth-order valence-corrected chi connectivity index (χ4v) is 5.69. The van der Waals surface area contributed by atoms with E-state index in [1.165, 1.54) is 11.3 Å². The maximum atomic E-state index is 13.3. The second-order valence-corrected chi connectivity index (χ2v) is 9.60. The normalized spacial score (nSPS) is 13.5. The van der Waals surface area contributed by atoms with Crippen LogP contribution in [0.15, 0.2) is 48.8 Å². The number of fused-ring (bicyclic) bond motifs is 1. The summed E-state index contributed by atoms with van der Waals surface area (Å²) in [6.07, 6.45) is 1.58. The number of ether oxygens (including phenoxy) is 3. The number of aromatic nitrogens is 2. The standard InChI is InChI=1S/C27H29N5O4S/c1-17-23-25(32-13-11-31(12-14-32)20-7-5-6-8-22(20)36-4)28-16-29-27(23)37-24(17)26(33)30-19-15-18(34-2)9-10-21(19)35-3/h5-10,15-16H,11-14H2,1-4H3,(H,30,33). The van der Waals surface area contributed by atoms with Crippen LogP contribution in [-0.2, 0) is 0 Å². The first kappa shape index (κ1) is 24.6. The average molecular weight is 520 g/mol. The number of nitrogens with one attached hydrogen (secondary N) is 1. The van der Waals surface area contributed by atoms with Crippen LogP contribution in [0.25, 0.3) is 10.2 Å². The predicted molar refractivity (Wildman–Crippen MR) is 147 cm³/mol. The first-order valence-electron chi connectivity index (χ1n) is 11.9. The zero-order valence-corrected chi connectivity index (χ0v) is 22.1. The third-order valence-corrected chi connectivity index (χ3v) is 7.77. The van der Waals surface area contributed by atoms with Gasteiger partial charge in [-0.2, -0.15) is 0 Å². The highest BCUT2D eigenvalue weighted by atomic mass is 32.1. The zero-order valence-electron chi connectivity index (χ0n) is 21.3. The molecule has 0 saturated carbocycles. The molecule has 0 atom stereocenters. The third kappa shape index (κ3) is 4.72. The maximum absolute atomic E-state index is 13.3. The lowest BCUT2D eigenvalue weighted by atomic mass is 10.1. The van der Waals surface area contributed by atoms with Crippen LogP contribution in [0.1, 0.15) is 15.2 Å². The van der Waals surface area contributed by atoms with Crippen LogP contribution in [0.5, 0.6) is 17.2 Å². The molecule has 1 N–H and O–H groups in total. The van der Waals surface area contributed by atoms with Crippen molar-refractivity contribution >= 4 is 44.7 Å². The molecule has 0 spiro atoms. The number of benzene rings is 2. The van der Waals surface area contributed by atoms with Gasteiger partial charge in [-0.15, -0.1) is 11.3 Å². The SMILES string of the molecule is COc1ccc(OC)c(NC(=O)c2sc3ncnc(N4CCN(c5ccccc5OC)CC4)c3c2C)c1. The van der Waals surface area contributed by atoms with Gasteiger partial charge in [0.15, 0.2) is 0 Å². The molecule has 1 aliphatic heterocycles. The van der Waals surface area contributed by atoms with Crippen molar-refractivity contribution in [2.24, 2.45) is 0 Å². The van der Waals surface area contributed by atoms with Crippen LogP contribution < -0.4 is 29.3 Å². The minimum absolute atomic E-state index is 0.223. The van der Waals surface area contributed by atoms with Crippen molar-refractivity contribution in [2.45, 2.75) is 6.92 Å². The van der Waals surface area contributed by atoms with Gasteiger partial charge in [-0.05, 0) is 36.8 Å². The van der Waals surface area contributed by atoms with E-state index in [0.29, 0.717) is 22.1 Å². The van der Waals surface area contributed by atoms with Crippen LogP contribution >= 0.6 is 11.3 Å². The van der Waals surface area contributed by atoms with Crippen LogP contribution in [0.2, 0.25) is 0 Å². The number of methoxy groups -OCH3 is 3. The number of aryl methyl sites for hydroxylation is 1. The molecule has 0 radical (unpaired) electrons. The van der Waals surface area contributed by atoms with Gasteiger partial charge in [-0.3, -0.25) is 4.79 Å². The van der Waals surface area contributed by atoms with E-state index in [4.69, 9.17) is 14.2 Å². The number of thiophene rings is 1. The Balaban J connectivity index is 1.39. The lowest BCUT2D eigenvalue weighted by molar-refractivity contribution is 0.102. The van der Waals surface area contributed by atoms with E-state index in [-0.39, 0.29) is 5.91 Å². The number of anilines is 3. The first-order chi connectivity index (χ1) is 18.0. The Morgan fingerprint density at radius 1 is 0.919 bits per heavy atom. The van der Waals surface area contributed by atoms with E-state index in [1.54, 1.807) is 45.9 Å². The molecule has 1 saturated heterocycles. The molecule has 5 rings (SSSR count). The van der Waals surface area contributed by atoms with Gasteiger partial charge in [0, 0.05) is 32.2 Å². The van der Waals surface area contributed by atoms with Gasteiger partial charge in [-0.25, -0.2) is 9.97 Å². The highest BCUT2D eigenvalue weighted by Gasteiger charge is 2.26. The fraction of sp³-hybridized carbons (Fsp3) is 0.296. The minimum Gasteiger partial charge on any atom is -0.497 e. The van der Waals surface area contributed by atoms with Gasteiger partial charge in [0.25, 0.3) is 5.91 Å². The van der Waals surface area contributed by atoms with E-state index in [2.05, 4.69) is 31.2 Å². The van der Waals surface area contributed by atoms with Gasteiger partial charge in [0.2, 0.25) is 0 Å². The lowest BCUT2D eigenvalue weighted by Crippen LogP contribution is -2.47. The van der Waals surface area contributed by atoms with Gasteiger partial charge < -0.3 is 29.3 Å². The predicted octanol–water partition coefficient (Wildman–Crippen LogP) is 4.60. The second-order valence-electron chi connectivity index (χ2n) is 8.60. The molecule has 3 heterocycles. The van der Waals surface area contributed by atoms with Gasteiger partial charge >= 0.3 is 0 Å². The van der Waals surface area contributed by atoms with Crippen molar-refractivity contribution in [3.8, 4) is 17.2 Å². The molecule has 4 aromatic rings. The van der Waals surface area contributed by atoms with Crippen molar-refractivity contribution in [3.05, 3.63) is 59.2 Å². The van der Waals surface area contributed by atoms with Crippen molar-refractivity contribution in [1.29, 1.82) is 0 Å². The molecule has 1 fully saturated rings. The quantitative estimate of drug-likeness (QED) is 0.379. The number of carbonyl (C=O) groups excluding carboxylic acids is 1. The Labute approximate surface area is 219 Å². The molecule has 37 heavy (non-hydrogen) atoms. The largest absolute Gasteiger partial charge is 0.497 e. The van der Waals surface area contributed by atoms with E-state index < -0.39 is 0 Å². The summed E-state index contributed by atoms with van der Waals surface area (Å²) in [5.41, 5.74) is 2.50. The van der Waals surface area contributed by atoms with Gasteiger partial charge in [0.05, 0.1) is 43.0 Å². The van der Waals surface area contributed by atoms with E-state index in [0.717, 1.165) is 59.2 Å². The molecular formula is C27H29N5O4S. The molecule has 0 aliphatic carbocycles. The molecule has 1 amide bonds. The summed E-state index contributed by atoms with van der Waals surface area (Å²) >= 11 is 1.37. The molecule has 2 aromatic carbocycles. The molecular weight excluding hydrogens is 490 g/mol. The van der Waals surface area contributed by atoms with Crippen molar-refractivity contribution in [3.63, 3.8) is 0 Å². The van der Waals surface area contributed by atoms with Gasteiger partial charge in [0.1, 0.15) is 34.2 Å². The topological polar surface area (TPSA) is 89.0 Å². The summed E-state index contributed by atoms with van der Waals surface area (Å²) in [5, 5.41) is 3.89. The summed E-state index contributed by atoms with van der Waals surface area (Å²) in [7, 11) is 4.85. The maximum Gasteiger partial charge on any atom is 0.266 e. The van der Waals surface area contributed by atoms with Crippen molar-refractivity contribution in [1.82, 2.24) is 9.97 Å².